The number of rotatable bonds is 0. The van der Waals surface area contributed by atoms with Crippen molar-refractivity contribution in [1.82, 2.24) is 0 Å². The van der Waals surface area contributed by atoms with Crippen molar-refractivity contribution in [3.63, 3.8) is 0 Å². The molecule has 56 valence electrons. The molecule has 0 aromatic rings. The highest BCUT2D eigenvalue weighted by molar-refractivity contribution is 5.86. The highest BCUT2D eigenvalue weighted by Gasteiger charge is 2.50. The van der Waals surface area contributed by atoms with E-state index in [4.69, 9.17) is 0 Å². The molecule has 2 fully saturated rings. The van der Waals surface area contributed by atoms with E-state index >= 15 is 0 Å². The predicted molar refractivity (Wildman–Crippen MR) is 39.5 cm³/mol. The molecule has 0 amide bonds. The fourth-order valence-electron chi connectivity index (χ4n) is 2.38. The molecule has 0 spiro atoms. The summed E-state index contributed by atoms with van der Waals surface area (Å²) in [6.45, 7) is 4.36. The molecule has 0 aromatic heterocycles. The van der Waals surface area contributed by atoms with Crippen molar-refractivity contribution in [2.75, 3.05) is 0 Å². The molecule has 2 rings (SSSR count). The molecular weight excluding hydrogens is 124 g/mol. The predicted octanol–water partition coefficient (Wildman–Crippen LogP) is 1.87. The first kappa shape index (κ1) is 6.38. The molecule has 2 aliphatic carbocycles. The Hall–Kier alpha value is -0.330. The average Bonchev–Trinajstić information content (AvgIpc) is 2.61. The number of ketones is 1. The van der Waals surface area contributed by atoms with Crippen LogP contribution >= 0.6 is 0 Å². The van der Waals surface area contributed by atoms with E-state index in [0.717, 1.165) is 18.3 Å². The highest BCUT2D eigenvalue weighted by Crippen LogP contribution is 2.52. The Labute approximate surface area is 61.8 Å². The molecule has 0 N–H and O–H groups in total. The third-order valence-electron chi connectivity index (χ3n) is 3.15. The Morgan fingerprint density at radius 1 is 1.30 bits per heavy atom. The maximum Gasteiger partial charge on any atom is 0.139 e. The van der Waals surface area contributed by atoms with E-state index in [1.165, 1.54) is 6.42 Å². The van der Waals surface area contributed by atoms with E-state index in [1.807, 2.05) is 0 Å². The zero-order valence-corrected chi connectivity index (χ0v) is 6.63. The van der Waals surface area contributed by atoms with Crippen molar-refractivity contribution < 1.29 is 4.79 Å². The van der Waals surface area contributed by atoms with Crippen LogP contribution in [0.1, 0.15) is 26.7 Å². The molecular formula is C9H14O. The van der Waals surface area contributed by atoms with Crippen molar-refractivity contribution >= 4 is 5.78 Å². The van der Waals surface area contributed by atoms with Crippen molar-refractivity contribution in [3.05, 3.63) is 0 Å². The topological polar surface area (TPSA) is 17.1 Å². The first-order valence-electron chi connectivity index (χ1n) is 4.24. The number of carbonyl (C=O) groups excluding carboxylic acids is 1. The van der Waals surface area contributed by atoms with Crippen molar-refractivity contribution in [2.24, 2.45) is 23.7 Å². The second-order valence-corrected chi connectivity index (χ2v) is 4.02. The van der Waals surface area contributed by atoms with E-state index in [0.29, 0.717) is 17.6 Å². The van der Waals surface area contributed by atoms with Crippen molar-refractivity contribution in [2.45, 2.75) is 26.7 Å². The van der Waals surface area contributed by atoms with Crippen LogP contribution in [0.3, 0.4) is 0 Å². The van der Waals surface area contributed by atoms with Crippen LogP contribution < -0.4 is 0 Å². The fourth-order valence-corrected chi connectivity index (χ4v) is 2.38. The van der Waals surface area contributed by atoms with Crippen LogP contribution in [0.2, 0.25) is 0 Å². The Morgan fingerprint density at radius 3 is 2.70 bits per heavy atom. The number of carbonyl (C=O) groups is 1. The lowest BCUT2D eigenvalue weighted by Crippen LogP contribution is -2.23. The Bertz CT molecular complexity index is 170. The number of hydrogen-bond acceptors (Lipinski definition) is 1. The molecule has 0 heterocycles. The lowest BCUT2D eigenvalue weighted by Gasteiger charge is -2.21. The van der Waals surface area contributed by atoms with Gasteiger partial charge >= 0.3 is 0 Å². The molecule has 2 aliphatic rings. The van der Waals surface area contributed by atoms with Crippen LogP contribution in [0.15, 0.2) is 0 Å². The Balaban J connectivity index is 2.12. The van der Waals surface area contributed by atoms with Crippen LogP contribution in [-0.2, 0) is 4.79 Å². The van der Waals surface area contributed by atoms with Gasteiger partial charge in [0.05, 0.1) is 0 Å². The van der Waals surface area contributed by atoms with Gasteiger partial charge in [0.15, 0.2) is 0 Å². The maximum absolute atomic E-state index is 11.3. The molecule has 1 heteroatoms. The van der Waals surface area contributed by atoms with Gasteiger partial charge < -0.3 is 0 Å². The zero-order valence-electron chi connectivity index (χ0n) is 6.63. The number of fused-ring (bicyclic) bond motifs is 1. The molecule has 1 nitrogen and oxygen atoms in total. The minimum atomic E-state index is 0.360. The second-order valence-electron chi connectivity index (χ2n) is 4.02. The van der Waals surface area contributed by atoms with Gasteiger partial charge in [-0.2, -0.15) is 0 Å². The summed E-state index contributed by atoms with van der Waals surface area (Å²) in [5.41, 5.74) is 0. The number of hydrogen-bond donors (Lipinski definition) is 0. The summed E-state index contributed by atoms with van der Waals surface area (Å²) >= 11 is 0. The molecule has 0 bridgehead atoms. The fraction of sp³-hybridized carbons (Fsp3) is 0.889. The SMILES string of the molecule is CC1CC(C)C2C[C@H]2C1=O. The average molecular weight is 138 g/mol. The largest absolute Gasteiger partial charge is 0.299 e. The molecule has 0 aliphatic heterocycles. The van der Waals surface area contributed by atoms with Crippen LogP contribution in [0, 0.1) is 23.7 Å². The molecule has 0 saturated heterocycles. The van der Waals surface area contributed by atoms with Gasteiger partial charge in [-0.3, -0.25) is 4.79 Å². The third kappa shape index (κ3) is 0.727. The van der Waals surface area contributed by atoms with Crippen LogP contribution in [0.5, 0.6) is 0 Å². The van der Waals surface area contributed by atoms with Crippen LogP contribution in [-0.4, -0.2) is 5.78 Å². The van der Waals surface area contributed by atoms with E-state index in [1.54, 1.807) is 0 Å². The van der Waals surface area contributed by atoms with Crippen LogP contribution in [0.4, 0.5) is 0 Å². The molecule has 0 radical (unpaired) electrons. The van der Waals surface area contributed by atoms with Crippen LogP contribution in [0.25, 0.3) is 0 Å². The van der Waals surface area contributed by atoms with Gasteiger partial charge in [-0.1, -0.05) is 13.8 Å². The summed E-state index contributed by atoms with van der Waals surface area (Å²) in [5, 5.41) is 0. The third-order valence-corrected chi connectivity index (χ3v) is 3.15. The quantitative estimate of drug-likeness (QED) is 0.499. The van der Waals surface area contributed by atoms with E-state index < -0.39 is 0 Å². The maximum atomic E-state index is 11.3. The molecule has 4 atom stereocenters. The summed E-state index contributed by atoms with van der Waals surface area (Å²) < 4.78 is 0. The summed E-state index contributed by atoms with van der Waals surface area (Å²) in [5.74, 6) is 2.99. The highest BCUT2D eigenvalue weighted by atomic mass is 16.1. The first-order chi connectivity index (χ1) is 4.70. The standard InChI is InChI=1S/C9H14O/c1-5-3-6(2)9(10)8-4-7(5)8/h5-8H,3-4H2,1-2H3/t5?,6?,7?,8-/m1/s1. The van der Waals surface area contributed by atoms with Gasteiger partial charge in [0.25, 0.3) is 0 Å². The van der Waals surface area contributed by atoms with Crippen molar-refractivity contribution in [1.29, 1.82) is 0 Å². The smallest absolute Gasteiger partial charge is 0.139 e. The Morgan fingerprint density at radius 2 is 2.00 bits per heavy atom. The summed E-state index contributed by atoms with van der Waals surface area (Å²) in [4.78, 5) is 11.3. The van der Waals surface area contributed by atoms with Gasteiger partial charge in [-0.15, -0.1) is 0 Å². The summed E-state index contributed by atoms with van der Waals surface area (Å²) in [6.07, 6.45) is 2.34. The van der Waals surface area contributed by atoms with Gasteiger partial charge in [0.2, 0.25) is 0 Å². The monoisotopic (exact) mass is 138 g/mol. The zero-order chi connectivity index (χ0) is 7.30. The molecule has 3 unspecified atom stereocenters. The minimum absolute atomic E-state index is 0.360. The number of Topliss-reactive ketones (excluding diaryl/α,β-unsaturated/α-hetero) is 1. The van der Waals surface area contributed by atoms with Gasteiger partial charge in [0.1, 0.15) is 5.78 Å². The van der Waals surface area contributed by atoms with Gasteiger partial charge in [-0.25, -0.2) is 0 Å². The molecule has 0 aromatic carbocycles. The second kappa shape index (κ2) is 1.84. The lowest BCUT2D eigenvalue weighted by molar-refractivity contribution is -0.126. The summed E-state index contributed by atoms with van der Waals surface area (Å²) in [6, 6.07) is 0. The minimum Gasteiger partial charge on any atom is -0.299 e. The van der Waals surface area contributed by atoms with E-state index in [9.17, 15) is 4.79 Å². The summed E-state index contributed by atoms with van der Waals surface area (Å²) in [7, 11) is 0. The van der Waals surface area contributed by atoms with Gasteiger partial charge in [-0.05, 0) is 24.7 Å². The molecule has 10 heavy (non-hydrogen) atoms. The van der Waals surface area contributed by atoms with E-state index in [2.05, 4.69) is 13.8 Å². The van der Waals surface area contributed by atoms with E-state index in [-0.39, 0.29) is 0 Å². The first-order valence-corrected chi connectivity index (χ1v) is 4.24. The van der Waals surface area contributed by atoms with Crippen molar-refractivity contribution in [3.8, 4) is 0 Å². The lowest BCUT2D eigenvalue weighted by atomic mass is 9.83. The normalized spacial score (nSPS) is 52.4. The molecule has 2 saturated carbocycles. The van der Waals surface area contributed by atoms with Gasteiger partial charge in [0, 0.05) is 11.8 Å². The Kier molecular flexibility index (Phi) is 1.17.